The van der Waals surface area contributed by atoms with Crippen LogP contribution >= 0.6 is 11.6 Å². The third-order valence-electron chi connectivity index (χ3n) is 3.93. The Morgan fingerprint density at radius 1 is 1.19 bits per heavy atom. The van der Waals surface area contributed by atoms with Crippen molar-refractivity contribution in [3.63, 3.8) is 0 Å². The number of hydrogen-bond acceptors (Lipinski definition) is 2. The first-order valence-corrected chi connectivity index (χ1v) is 7.34. The topological polar surface area (TPSA) is 40.5 Å². The average Bonchev–Trinajstić information content (AvgIpc) is 2.49. The third kappa shape index (κ3) is 2.88. The number of carboxylic acids is 1. The van der Waals surface area contributed by atoms with E-state index < -0.39 is 11.9 Å². The number of fused-ring (bicyclic) bond motifs is 1. The molecule has 1 atom stereocenters. The van der Waals surface area contributed by atoms with Crippen LogP contribution in [-0.2, 0) is 11.3 Å². The van der Waals surface area contributed by atoms with E-state index in [9.17, 15) is 9.90 Å². The first-order chi connectivity index (χ1) is 10.1. The molecule has 0 spiro atoms. The second kappa shape index (κ2) is 5.78. The van der Waals surface area contributed by atoms with Gasteiger partial charge in [-0.1, -0.05) is 41.9 Å². The van der Waals surface area contributed by atoms with E-state index in [2.05, 4.69) is 4.90 Å². The molecule has 3 rings (SSSR count). The van der Waals surface area contributed by atoms with Gasteiger partial charge in [0.05, 0.1) is 5.92 Å². The lowest BCUT2D eigenvalue weighted by atomic mass is 9.90. The highest BCUT2D eigenvalue weighted by atomic mass is 35.5. The van der Waals surface area contributed by atoms with Gasteiger partial charge in [0.25, 0.3) is 0 Å². The van der Waals surface area contributed by atoms with Crippen LogP contribution in [0.5, 0.6) is 0 Å². The molecular weight excluding hydrogens is 286 g/mol. The summed E-state index contributed by atoms with van der Waals surface area (Å²) in [6, 6.07) is 15.6. The molecule has 1 unspecified atom stereocenters. The zero-order valence-electron chi connectivity index (χ0n) is 11.5. The Kier molecular flexibility index (Phi) is 3.84. The summed E-state index contributed by atoms with van der Waals surface area (Å²) in [6.45, 7) is 1.51. The van der Waals surface area contributed by atoms with Crippen molar-refractivity contribution < 1.29 is 9.90 Å². The number of anilines is 1. The number of carbonyl (C=O) groups is 1. The number of rotatable bonds is 3. The molecule has 2 aromatic carbocycles. The molecule has 1 aliphatic rings. The lowest BCUT2D eigenvalue weighted by Gasteiger charge is -2.34. The molecule has 0 bridgehead atoms. The first kappa shape index (κ1) is 14.0. The van der Waals surface area contributed by atoms with E-state index in [1.54, 1.807) is 0 Å². The molecule has 1 aliphatic heterocycles. The predicted octanol–water partition coefficient (Wildman–Crippen LogP) is 3.92. The molecule has 0 amide bonds. The SMILES string of the molecule is O=C(O)C1CCN(Cc2ccc(Cl)cc2)c2ccccc21. The Bertz CT molecular complexity index is 654. The number of hydrogen-bond donors (Lipinski definition) is 1. The summed E-state index contributed by atoms with van der Waals surface area (Å²) in [5.41, 5.74) is 3.10. The number of carboxylic acid groups (broad SMARTS) is 1. The van der Waals surface area contributed by atoms with Crippen LogP contribution in [0.25, 0.3) is 0 Å². The molecule has 2 aromatic rings. The highest BCUT2D eigenvalue weighted by Crippen LogP contribution is 2.36. The maximum absolute atomic E-state index is 11.4. The molecule has 0 radical (unpaired) electrons. The molecule has 4 heteroatoms. The first-order valence-electron chi connectivity index (χ1n) is 6.96. The van der Waals surface area contributed by atoms with Crippen LogP contribution in [0.4, 0.5) is 5.69 Å². The molecule has 0 saturated carbocycles. The summed E-state index contributed by atoms with van der Waals surface area (Å²) >= 11 is 5.91. The van der Waals surface area contributed by atoms with E-state index >= 15 is 0 Å². The van der Waals surface area contributed by atoms with Gasteiger partial charge in [-0.15, -0.1) is 0 Å². The van der Waals surface area contributed by atoms with Gasteiger partial charge < -0.3 is 10.0 Å². The molecule has 0 aliphatic carbocycles. The molecular formula is C17H16ClNO2. The fraction of sp³-hybridized carbons (Fsp3) is 0.235. The van der Waals surface area contributed by atoms with Gasteiger partial charge in [0.1, 0.15) is 0 Å². The van der Waals surface area contributed by atoms with Crippen LogP contribution in [0.1, 0.15) is 23.5 Å². The zero-order chi connectivity index (χ0) is 14.8. The summed E-state index contributed by atoms with van der Waals surface area (Å²) in [5, 5.41) is 10.1. The van der Waals surface area contributed by atoms with Crippen molar-refractivity contribution in [1.82, 2.24) is 0 Å². The van der Waals surface area contributed by atoms with Crippen LogP contribution in [0.15, 0.2) is 48.5 Å². The van der Waals surface area contributed by atoms with Crippen LogP contribution in [0, 0.1) is 0 Å². The largest absolute Gasteiger partial charge is 0.481 e. The lowest BCUT2D eigenvalue weighted by Crippen LogP contribution is -2.33. The van der Waals surface area contributed by atoms with Gasteiger partial charge in [0.15, 0.2) is 0 Å². The molecule has 0 fully saturated rings. The van der Waals surface area contributed by atoms with Crippen LogP contribution in [0.3, 0.4) is 0 Å². The molecule has 108 valence electrons. The third-order valence-corrected chi connectivity index (χ3v) is 4.18. The van der Waals surface area contributed by atoms with Crippen molar-refractivity contribution in [2.24, 2.45) is 0 Å². The standard InChI is InChI=1S/C17H16ClNO2/c18-13-7-5-12(6-8-13)11-19-10-9-15(17(20)21)14-3-1-2-4-16(14)19/h1-8,15H,9-11H2,(H,20,21). The quantitative estimate of drug-likeness (QED) is 0.934. The number of nitrogens with zero attached hydrogens (tertiary/aromatic N) is 1. The summed E-state index contributed by atoms with van der Waals surface area (Å²) < 4.78 is 0. The van der Waals surface area contributed by atoms with Crippen LogP contribution < -0.4 is 4.90 Å². The van der Waals surface area contributed by atoms with E-state index in [0.29, 0.717) is 6.42 Å². The Morgan fingerprint density at radius 3 is 2.62 bits per heavy atom. The minimum absolute atomic E-state index is 0.400. The highest BCUT2D eigenvalue weighted by molar-refractivity contribution is 6.30. The Balaban J connectivity index is 1.89. The molecule has 3 nitrogen and oxygen atoms in total. The molecule has 0 saturated heterocycles. The molecule has 1 N–H and O–H groups in total. The Morgan fingerprint density at radius 2 is 1.90 bits per heavy atom. The van der Waals surface area contributed by atoms with Gasteiger partial charge in [-0.05, 0) is 35.7 Å². The van der Waals surface area contributed by atoms with Crippen molar-refractivity contribution in [1.29, 1.82) is 0 Å². The minimum atomic E-state index is -0.742. The summed E-state index contributed by atoms with van der Waals surface area (Å²) in [5.74, 6) is -1.14. The predicted molar refractivity (Wildman–Crippen MR) is 83.9 cm³/mol. The van der Waals surface area contributed by atoms with Crippen molar-refractivity contribution in [3.05, 3.63) is 64.7 Å². The number of para-hydroxylation sites is 1. The van der Waals surface area contributed by atoms with Crippen molar-refractivity contribution >= 4 is 23.3 Å². The Labute approximate surface area is 128 Å². The molecule has 21 heavy (non-hydrogen) atoms. The maximum Gasteiger partial charge on any atom is 0.311 e. The maximum atomic E-state index is 11.4. The summed E-state index contributed by atoms with van der Waals surface area (Å²) in [4.78, 5) is 13.6. The van der Waals surface area contributed by atoms with Gasteiger partial charge >= 0.3 is 5.97 Å². The van der Waals surface area contributed by atoms with Gasteiger partial charge in [0, 0.05) is 23.8 Å². The van der Waals surface area contributed by atoms with E-state index in [1.165, 1.54) is 5.56 Å². The average molecular weight is 302 g/mol. The van der Waals surface area contributed by atoms with E-state index in [-0.39, 0.29) is 0 Å². The van der Waals surface area contributed by atoms with Crippen molar-refractivity contribution in [2.75, 3.05) is 11.4 Å². The second-order valence-electron chi connectivity index (χ2n) is 5.29. The Hall–Kier alpha value is -2.00. The normalized spacial score (nSPS) is 17.4. The number of benzene rings is 2. The van der Waals surface area contributed by atoms with E-state index in [1.807, 2.05) is 48.5 Å². The highest BCUT2D eigenvalue weighted by Gasteiger charge is 2.29. The van der Waals surface area contributed by atoms with Crippen LogP contribution in [0.2, 0.25) is 5.02 Å². The molecule has 1 heterocycles. The smallest absolute Gasteiger partial charge is 0.311 e. The minimum Gasteiger partial charge on any atom is -0.481 e. The number of aliphatic carboxylic acids is 1. The second-order valence-corrected chi connectivity index (χ2v) is 5.72. The number of halogens is 1. The van der Waals surface area contributed by atoms with Crippen molar-refractivity contribution in [2.45, 2.75) is 18.9 Å². The van der Waals surface area contributed by atoms with Gasteiger partial charge in [-0.25, -0.2) is 0 Å². The fourth-order valence-corrected chi connectivity index (χ4v) is 2.99. The zero-order valence-corrected chi connectivity index (χ0v) is 12.3. The monoisotopic (exact) mass is 301 g/mol. The van der Waals surface area contributed by atoms with Crippen molar-refractivity contribution in [3.8, 4) is 0 Å². The van der Waals surface area contributed by atoms with E-state index in [4.69, 9.17) is 11.6 Å². The molecule has 0 aromatic heterocycles. The summed E-state index contributed by atoms with van der Waals surface area (Å²) in [6.07, 6.45) is 0.639. The lowest BCUT2D eigenvalue weighted by molar-refractivity contribution is -0.139. The summed E-state index contributed by atoms with van der Waals surface area (Å²) in [7, 11) is 0. The van der Waals surface area contributed by atoms with E-state index in [0.717, 1.165) is 29.4 Å². The van der Waals surface area contributed by atoms with Gasteiger partial charge in [-0.2, -0.15) is 0 Å². The van der Waals surface area contributed by atoms with Gasteiger partial charge in [0.2, 0.25) is 0 Å². The fourth-order valence-electron chi connectivity index (χ4n) is 2.86. The van der Waals surface area contributed by atoms with Gasteiger partial charge in [-0.3, -0.25) is 4.79 Å². The van der Waals surface area contributed by atoms with Crippen LogP contribution in [-0.4, -0.2) is 17.6 Å².